The summed E-state index contributed by atoms with van der Waals surface area (Å²) in [5.41, 5.74) is 8.56. The van der Waals surface area contributed by atoms with E-state index in [9.17, 15) is 14.3 Å². The maximum Gasteiger partial charge on any atom is 0.257 e. The van der Waals surface area contributed by atoms with E-state index in [1.807, 2.05) is 36.4 Å². The van der Waals surface area contributed by atoms with Crippen molar-refractivity contribution in [3.05, 3.63) is 71.7 Å². The molecule has 1 saturated carbocycles. The van der Waals surface area contributed by atoms with Gasteiger partial charge in [0, 0.05) is 37.3 Å². The van der Waals surface area contributed by atoms with Gasteiger partial charge >= 0.3 is 0 Å². The van der Waals surface area contributed by atoms with E-state index in [1.54, 1.807) is 6.07 Å². The number of hydrogen-bond donors (Lipinski definition) is 3. The highest BCUT2D eigenvalue weighted by atomic mass is 35.5. The van der Waals surface area contributed by atoms with Crippen LogP contribution in [-0.2, 0) is 11.3 Å². The predicted molar refractivity (Wildman–Crippen MR) is 156 cm³/mol. The minimum atomic E-state index is -0.649. The number of hydrogen-bond acceptors (Lipinski definition) is 7. The van der Waals surface area contributed by atoms with E-state index in [-0.39, 0.29) is 59.8 Å². The van der Waals surface area contributed by atoms with E-state index in [2.05, 4.69) is 15.2 Å². The molecule has 11 heteroatoms. The van der Waals surface area contributed by atoms with Gasteiger partial charge in [0.05, 0.1) is 19.4 Å². The lowest BCUT2D eigenvalue weighted by Crippen LogP contribution is -2.40. The number of halogens is 3. The molecule has 8 nitrogen and oxygen atoms in total. The molecular weight excluding hydrogens is 558 g/mol. The Balaban J connectivity index is 0.00000220. The van der Waals surface area contributed by atoms with Crippen molar-refractivity contribution in [2.75, 3.05) is 26.3 Å². The number of carbonyl (C=O) groups is 1. The van der Waals surface area contributed by atoms with Crippen LogP contribution in [0.2, 0.25) is 0 Å². The molecule has 0 spiro atoms. The molecule has 0 bridgehead atoms. The van der Waals surface area contributed by atoms with Gasteiger partial charge in [0.2, 0.25) is 5.88 Å². The van der Waals surface area contributed by atoms with Gasteiger partial charge in [0.15, 0.2) is 11.5 Å². The smallest absolute Gasteiger partial charge is 0.257 e. The number of pyridine rings is 1. The van der Waals surface area contributed by atoms with E-state index in [1.165, 1.54) is 0 Å². The van der Waals surface area contributed by atoms with Gasteiger partial charge in [-0.1, -0.05) is 36.4 Å². The fraction of sp³-hybridized carbons (Fsp3) is 0.379. The Morgan fingerprint density at radius 3 is 2.50 bits per heavy atom. The highest BCUT2D eigenvalue weighted by Crippen LogP contribution is 2.41. The molecule has 40 heavy (non-hydrogen) atoms. The summed E-state index contributed by atoms with van der Waals surface area (Å²) < 4.78 is 25.9. The molecule has 216 valence electrons. The molecule has 1 amide bonds. The lowest BCUT2D eigenvalue weighted by Gasteiger charge is -2.29. The van der Waals surface area contributed by atoms with Gasteiger partial charge < -0.3 is 25.6 Å². The second-order valence-electron chi connectivity index (χ2n) is 9.89. The fourth-order valence-electron chi connectivity index (χ4n) is 5.05. The van der Waals surface area contributed by atoms with Gasteiger partial charge in [-0.3, -0.25) is 9.69 Å². The zero-order valence-corrected chi connectivity index (χ0v) is 23.7. The number of nitrogens with zero attached hydrogens (tertiary/aromatic N) is 2. The normalized spacial score (nSPS) is 19.1. The van der Waals surface area contributed by atoms with Gasteiger partial charge in [-0.05, 0) is 48.9 Å². The van der Waals surface area contributed by atoms with Gasteiger partial charge in [0.25, 0.3) is 5.91 Å². The van der Waals surface area contributed by atoms with Crippen molar-refractivity contribution in [2.45, 2.75) is 44.3 Å². The van der Waals surface area contributed by atoms with Crippen molar-refractivity contribution in [1.29, 1.82) is 0 Å². The second-order valence-corrected chi connectivity index (χ2v) is 9.89. The third kappa shape index (κ3) is 7.62. The molecule has 1 aliphatic heterocycles. The Labute approximate surface area is 245 Å². The van der Waals surface area contributed by atoms with Gasteiger partial charge in [-0.2, -0.15) is 0 Å². The molecular formula is C29H35Cl2FN4O4. The van der Waals surface area contributed by atoms with Crippen molar-refractivity contribution in [1.82, 2.24) is 15.2 Å². The third-order valence-electron chi connectivity index (χ3n) is 7.18. The van der Waals surface area contributed by atoms with E-state index in [4.69, 9.17) is 15.2 Å². The summed E-state index contributed by atoms with van der Waals surface area (Å²) in [4.78, 5) is 19.5. The number of carbonyl (C=O) groups excluding carboxylic acids is 1. The summed E-state index contributed by atoms with van der Waals surface area (Å²) in [6.45, 7) is 3.19. The summed E-state index contributed by atoms with van der Waals surface area (Å²) in [5, 5.41) is 13.9. The molecule has 0 atom stereocenters. The maximum absolute atomic E-state index is 14.2. The zero-order valence-electron chi connectivity index (χ0n) is 22.1. The first-order chi connectivity index (χ1) is 18.5. The highest BCUT2D eigenvalue weighted by Gasteiger charge is 2.26. The van der Waals surface area contributed by atoms with Gasteiger partial charge in [0.1, 0.15) is 11.4 Å². The van der Waals surface area contributed by atoms with Crippen molar-refractivity contribution in [2.24, 2.45) is 5.73 Å². The molecule has 1 saturated heterocycles. The van der Waals surface area contributed by atoms with E-state index >= 15 is 0 Å². The van der Waals surface area contributed by atoms with Crippen LogP contribution in [0.25, 0.3) is 11.1 Å². The minimum absolute atomic E-state index is 0. The quantitative estimate of drug-likeness (QED) is 0.351. The average Bonchev–Trinajstić information content (AvgIpc) is 2.94. The largest absolute Gasteiger partial charge is 0.504 e. The third-order valence-corrected chi connectivity index (χ3v) is 7.18. The van der Waals surface area contributed by atoms with Crippen LogP contribution in [0, 0.1) is 5.82 Å². The summed E-state index contributed by atoms with van der Waals surface area (Å²) in [5.74, 6) is -1.09. The van der Waals surface area contributed by atoms with Gasteiger partial charge in [-0.15, -0.1) is 24.8 Å². The van der Waals surface area contributed by atoms with Crippen molar-refractivity contribution < 1.29 is 23.8 Å². The molecule has 1 aromatic heterocycles. The summed E-state index contributed by atoms with van der Waals surface area (Å²) in [6, 6.07) is 14.4. The van der Waals surface area contributed by atoms with E-state index in [0.29, 0.717) is 19.8 Å². The maximum atomic E-state index is 14.2. The number of amides is 1. The topological polar surface area (TPSA) is 110 Å². The molecule has 5 rings (SSSR count). The van der Waals surface area contributed by atoms with Crippen molar-refractivity contribution in [3.8, 4) is 28.5 Å². The van der Waals surface area contributed by atoms with Crippen LogP contribution in [0.15, 0.2) is 54.7 Å². The Bertz CT molecular complexity index is 1270. The summed E-state index contributed by atoms with van der Waals surface area (Å²) in [7, 11) is 0. The first-order valence-electron chi connectivity index (χ1n) is 13.1. The van der Waals surface area contributed by atoms with Crippen LogP contribution >= 0.6 is 24.8 Å². The first-order valence-corrected chi connectivity index (χ1v) is 13.1. The summed E-state index contributed by atoms with van der Waals surface area (Å²) in [6.07, 6.45) is 4.16. The van der Waals surface area contributed by atoms with Gasteiger partial charge in [-0.25, -0.2) is 9.37 Å². The first kappa shape index (κ1) is 31.6. The number of aromatic hydroxyl groups is 1. The number of ether oxygens (including phenoxy) is 2. The molecule has 4 N–H and O–H groups in total. The number of benzene rings is 2. The SMILES string of the molecule is Cl.Cl.NC1CCC(NC(=O)c2cc(F)cnc2Oc2c(O)ccc(-c3ccccc3)c2CN2CCOCC2)CC1. The number of rotatable bonds is 7. The predicted octanol–water partition coefficient (Wildman–Crippen LogP) is 5.06. The van der Waals surface area contributed by atoms with E-state index < -0.39 is 11.7 Å². The molecule has 0 radical (unpaired) electrons. The Kier molecular flexibility index (Phi) is 11.5. The van der Waals surface area contributed by atoms with Crippen molar-refractivity contribution >= 4 is 30.7 Å². The standard InChI is InChI=1S/C29H33FN4O4.2ClH/c30-20-16-24(28(36)33-22-8-6-21(31)7-9-22)29(32-17-20)38-27-25(18-34-12-14-37-15-13-34)23(10-11-26(27)35)19-4-2-1-3-5-19;;/h1-5,10-11,16-17,21-22,35H,6-9,12-15,18,31H2,(H,33,36);2*1H. The number of phenols is 1. The highest BCUT2D eigenvalue weighted by molar-refractivity contribution is 5.96. The van der Waals surface area contributed by atoms with Crippen molar-refractivity contribution in [3.63, 3.8) is 0 Å². The molecule has 3 aromatic rings. The molecule has 2 heterocycles. The van der Waals surface area contributed by atoms with Crippen LogP contribution in [0.4, 0.5) is 4.39 Å². The Hall–Kier alpha value is -2.95. The average molecular weight is 594 g/mol. The zero-order chi connectivity index (χ0) is 26.5. The second kappa shape index (κ2) is 14.6. The van der Waals surface area contributed by atoms with Crippen LogP contribution in [-0.4, -0.2) is 59.3 Å². The van der Waals surface area contributed by atoms with Crippen LogP contribution in [0.5, 0.6) is 17.4 Å². The molecule has 2 aromatic carbocycles. The molecule has 2 fully saturated rings. The Morgan fingerprint density at radius 2 is 1.80 bits per heavy atom. The molecule has 1 aliphatic carbocycles. The lowest BCUT2D eigenvalue weighted by atomic mass is 9.91. The monoisotopic (exact) mass is 592 g/mol. The number of phenolic OH excluding ortho intramolecular Hbond substituents is 1. The van der Waals surface area contributed by atoms with E-state index in [0.717, 1.165) is 67.7 Å². The molecule has 2 aliphatic rings. The van der Waals surface area contributed by atoms with Crippen LogP contribution in [0.1, 0.15) is 41.6 Å². The number of nitrogens with one attached hydrogen (secondary N) is 1. The summed E-state index contributed by atoms with van der Waals surface area (Å²) >= 11 is 0. The lowest BCUT2D eigenvalue weighted by molar-refractivity contribution is 0.0339. The number of nitrogens with two attached hydrogens (primary N) is 1. The number of morpholine rings is 1. The number of aromatic nitrogens is 1. The van der Waals surface area contributed by atoms with Crippen LogP contribution in [0.3, 0.4) is 0 Å². The fourth-order valence-corrected chi connectivity index (χ4v) is 5.05. The minimum Gasteiger partial charge on any atom is -0.504 e. The molecule has 0 unspecified atom stereocenters. The van der Waals surface area contributed by atoms with Crippen LogP contribution < -0.4 is 15.8 Å². The Morgan fingerprint density at radius 1 is 1.10 bits per heavy atom.